The lowest BCUT2D eigenvalue weighted by atomic mass is 10.1. The van der Waals surface area contributed by atoms with Crippen molar-refractivity contribution in [2.45, 2.75) is 12.5 Å². The lowest BCUT2D eigenvalue weighted by Gasteiger charge is -2.17. The summed E-state index contributed by atoms with van der Waals surface area (Å²) >= 11 is 0. The molecule has 2 unspecified atom stereocenters. The number of amides is 1. The first-order valence-corrected chi connectivity index (χ1v) is 4.75. The molecule has 14 heavy (non-hydrogen) atoms. The Morgan fingerprint density at radius 2 is 2.57 bits per heavy atom. The van der Waals surface area contributed by atoms with E-state index in [2.05, 4.69) is 5.32 Å². The van der Waals surface area contributed by atoms with E-state index in [9.17, 15) is 4.79 Å². The van der Waals surface area contributed by atoms with Crippen LogP contribution in [0.25, 0.3) is 0 Å². The van der Waals surface area contributed by atoms with Gasteiger partial charge in [0.15, 0.2) is 0 Å². The highest BCUT2D eigenvalue weighted by molar-refractivity contribution is 5.79. The van der Waals surface area contributed by atoms with Gasteiger partial charge in [0.2, 0.25) is 5.91 Å². The van der Waals surface area contributed by atoms with E-state index >= 15 is 0 Å². The number of aliphatic hydroxyl groups is 1. The van der Waals surface area contributed by atoms with Crippen molar-refractivity contribution in [2.75, 3.05) is 33.5 Å². The average molecular weight is 203 g/mol. The summed E-state index contributed by atoms with van der Waals surface area (Å²) in [4.78, 5) is 11.5. The number of hydrogen-bond donors (Lipinski definition) is 2. The molecule has 1 fully saturated rings. The van der Waals surface area contributed by atoms with Crippen LogP contribution in [0.2, 0.25) is 0 Å². The summed E-state index contributed by atoms with van der Waals surface area (Å²) in [6, 6.07) is -0.312. The molecule has 5 heteroatoms. The average Bonchev–Trinajstić information content (AvgIpc) is 2.69. The third kappa shape index (κ3) is 3.25. The number of nitrogens with one attached hydrogen (secondary N) is 1. The topological polar surface area (TPSA) is 67.8 Å². The summed E-state index contributed by atoms with van der Waals surface area (Å²) in [5, 5.41) is 11.6. The standard InChI is InChI=1S/C9H17NO4/c1-13-6-8(4-11)10-9(12)7-2-3-14-5-7/h7-8,11H,2-6H2,1H3,(H,10,12). The second kappa shape index (κ2) is 5.95. The molecule has 2 atom stereocenters. The number of carbonyl (C=O) groups excluding carboxylic acids is 1. The molecule has 1 heterocycles. The van der Waals surface area contributed by atoms with Crippen LogP contribution in [0.5, 0.6) is 0 Å². The molecule has 1 saturated heterocycles. The van der Waals surface area contributed by atoms with E-state index < -0.39 is 0 Å². The maximum Gasteiger partial charge on any atom is 0.225 e. The lowest BCUT2D eigenvalue weighted by molar-refractivity contribution is -0.126. The first-order chi connectivity index (χ1) is 6.77. The van der Waals surface area contributed by atoms with Crippen LogP contribution in [0.3, 0.4) is 0 Å². The highest BCUT2D eigenvalue weighted by Gasteiger charge is 2.25. The molecule has 1 rings (SSSR count). The monoisotopic (exact) mass is 203 g/mol. The Balaban J connectivity index is 2.29. The van der Waals surface area contributed by atoms with E-state index in [4.69, 9.17) is 14.6 Å². The fourth-order valence-electron chi connectivity index (χ4n) is 1.40. The van der Waals surface area contributed by atoms with Crippen molar-refractivity contribution < 1.29 is 19.4 Å². The summed E-state index contributed by atoms with van der Waals surface area (Å²) < 4.78 is 9.95. The Kier molecular flexibility index (Phi) is 4.86. The van der Waals surface area contributed by atoms with Crippen LogP contribution in [-0.4, -0.2) is 50.6 Å². The van der Waals surface area contributed by atoms with Gasteiger partial charge < -0.3 is 19.9 Å². The van der Waals surface area contributed by atoms with Gasteiger partial charge in [0.05, 0.1) is 31.8 Å². The Labute approximate surface area is 83.4 Å². The van der Waals surface area contributed by atoms with Gasteiger partial charge in [-0.3, -0.25) is 4.79 Å². The molecule has 0 radical (unpaired) electrons. The predicted molar refractivity (Wildman–Crippen MR) is 49.8 cm³/mol. The van der Waals surface area contributed by atoms with E-state index in [0.717, 1.165) is 6.42 Å². The molecule has 0 bridgehead atoms. The smallest absolute Gasteiger partial charge is 0.225 e. The molecule has 0 aromatic heterocycles. The molecule has 0 aromatic carbocycles. The maximum atomic E-state index is 11.5. The Bertz CT molecular complexity index is 180. The van der Waals surface area contributed by atoms with Crippen LogP contribution in [0, 0.1) is 5.92 Å². The van der Waals surface area contributed by atoms with Gasteiger partial charge in [-0.1, -0.05) is 0 Å². The molecule has 0 saturated carbocycles. The van der Waals surface area contributed by atoms with Gasteiger partial charge in [0.25, 0.3) is 0 Å². The van der Waals surface area contributed by atoms with Gasteiger partial charge in [-0.15, -0.1) is 0 Å². The van der Waals surface area contributed by atoms with E-state index in [1.54, 1.807) is 0 Å². The number of hydrogen-bond acceptors (Lipinski definition) is 4. The van der Waals surface area contributed by atoms with Gasteiger partial charge in [0, 0.05) is 13.7 Å². The van der Waals surface area contributed by atoms with Crippen LogP contribution in [0.1, 0.15) is 6.42 Å². The minimum absolute atomic E-state index is 0.0569. The summed E-state index contributed by atoms with van der Waals surface area (Å²) in [6.45, 7) is 1.35. The fraction of sp³-hybridized carbons (Fsp3) is 0.889. The van der Waals surface area contributed by atoms with Crippen LogP contribution in [0.15, 0.2) is 0 Å². The predicted octanol–water partition coefficient (Wildman–Crippen LogP) is -0.854. The Hall–Kier alpha value is -0.650. The van der Waals surface area contributed by atoms with Crippen molar-refractivity contribution in [3.63, 3.8) is 0 Å². The molecule has 0 aromatic rings. The molecule has 82 valence electrons. The normalized spacial score (nSPS) is 23.4. The molecule has 5 nitrogen and oxygen atoms in total. The van der Waals surface area contributed by atoms with Gasteiger partial charge in [-0.05, 0) is 6.42 Å². The van der Waals surface area contributed by atoms with E-state index in [1.165, 1.54) is 7.11 Å². The fourth-order valence-corrected chi connectivity index (χ4v) is 1.40. The number of carbonyl (C=O) groups is 1. The molecule has 1 aliphatic rings. The summed E-state index contributed by atoms with van der Waals surface area (Å²) in [5.74, 6) is -0.125. The largest absolute Gasteiger partial charge is 0.394 e. The quantitative estimate of drug-likeness (QED) is 0.610. The molecular weight excluding hydrogens is 186 g/mol. The van der Waals surface area contributed by atoms with Gasteiger partial charge >= 0.3 is 0 Å². The van der Waals surface area contributed by atoms with E-state index in [0.29, 0.717) is 19.8 Å². The lowest BCUT2D eigenvalue weighted by Crippen LogP contribution is -2.43. The third-order valence-corrected chi connectivity index (χ3v) is 2.24. The Morgan fingerprint density at radius 1 is 1.79 bits per heavy atom. The van der Waals surface area contributed by atoms with Crippen LogP contribution < -0.4 is 5.32 Å². The van der Waals surface area contributed by atoms with Crippen LogP contribution >= 0.6 is 0 Å². The van der Waals surface area contributed by atoms with Crippen molar-refractivity contribution in [3.05, 3.63) is 0 Å². The zero-order chi connectivity index (χ0) is 10.4. The van der Waals surface area contributed by atoms with Crippen molar-refractivity contribution in [2.24, 2.45) is 5.92 Å². The van der Waals surface area contributed by atoms with Crippen molar-refractivity contribution in [1.82, 2.24) is 5.32 Å². The molecule has 2 N–H and O–H groups in total. The number of ether oxygens (including phenoxy) is 2. The second-order valence-corrected chi connectivity index (χ2v) is 3.40. The molecule has 0 aliphatic carbocycles. The zero-order valence-electron chi connectivity index (χ0n) is 8.36. The third-order valence-electron chi connectivity index (χ3n) is 2.24. The highest BCUT2D eigenvalue weighted by atomic mass is 16.5. The van der Waals surface area contributed by atoms with Gasteiger partial charge in [0.1, 0.15) is 0 Å². The maximum absolute atomic E-state index is 11.5. The highest BCUT2D eigenvalue weighted by Crippen LogP contribution is 2.12. The summed E-state index contributed by atoms with van der Waals surface area (Å²) in [6.07, 6.45) is 0.761. The zero-order valence-corrected chi connectivity index (χ0v) is 8.36. The number of aliphatic hydroxyl groups excluding tert-OH is 1. The van der Waals surface area contributed by atoms with Crippen LogP contribution in [-0.2, 0) is 14.3 Å². The minimum Gasteiger partial charge on any atom is -0.394 e. The molecular formula is C9H17NO4. The molecule has 1 aliphatic heterocycles. The second-order valence-electron chi connectivity index (χ2n) is 3.40. The van der Waals surface area contributed by atoms with Crippen molar-refractivity contribution in [3.8, 4) is 0 Å². The number of methoxy groups -OCH3 is 1. The van der Waals surface area contributed by atoms with Crippen molar-refractivity contribution in [1.29, 1.82) is 0 Å². The van der Waals surface area contributed by atoms with E-state index in [-0.39, 0.29) is 24.5 Å². The Morgan fingerprint density at radius 3 is 3.07 bits per heavy atom. The van der Waals surface area contributed by atoms with Gasteiger partial charge in [-0.2, -0.15) is 0 Å². The first-order valence-electron chi connectivity index (χ1n) is 4.75. The number of rotatable bonds is 5. The van der Waals surface area contributed by atoms with E-state index in [1.807, 2.05) is 0 Å². The minimum atomic E-state index is -0.312. The summed E-state index contributed by atoms with van der Waals surface area (Å²) in [5.41, 5.74) is 0. The first kappa shape index (κ1) is 11.4. The summed E-state index contributed by atoms with van der Waals surface area (Å²) in [7, 11) is 1.54. The van der Waals surface area contributed by atoms with Crippen molar-refractivity contribution >= 4 is 5.91 Å². The molecule has 0 spiro atoms. The van der Waals surface area contributed by atoms with Crippen LogP contribution in [0.4, 0.5) is 0 Å². The van der Waals surface area contributed by atoms with Gasteiger partial charge in [-0.25, -0.2) is 0 Å². The molecule has 1 amide bonds. The SMILES string of the molecule is COCC(CO)NC(=O)C1CCOC1.